The first kappa shape index (κ1) is 22.2. The second-order valence-electron chi connectivity index (χ2n) is 10.0. The fraction of sp³-hybridized carbons (Fsp3) is 0.241. The van der Waals surface area contributed by atoms with Gasteiger partial charge in [-0.05, 0) is 52.4 Å². The van der Waals surface area contributed by atoms with Crippen molar-refractivity contribution >= 4 is 41.2 Å². The van der Waals surface area contributed by atoms with Gasteiger partial charge < -0.3 is 4.74 Å². The molecule has 8 rings (SSSR count). The van der Waals surface area contributed by atoms with Crippen LogP contribution in [0.4, 0.5) is 0 Å². The van der Waals surface area contributed by atoms with Crippen molar-refractivity contribution in [2.45, 2.75) is 38.7 Å². The molecule has 4 aromatic rings. The van der Waals surface area contributed by atoms with E-state index in [1.165, 1.54) is 7.11 Å². The zero-order valence-corrected chi connectivity index (χ0v) is 21.2. The van der Waals surface area contributed by atoms with Crippen molar-refractivity contribution in [3.05, 3.63) is 84.9 Å². The lowest BCUT2D eigenvalue weighted by Gasteiger charge is -2.51. The van der Waals surface area contributed by atoms with E-state index in [9.17, 15) is 16.8 Å². The van der Waals surface area contributed by atoms with Crippen molar-refractivity contribution in [3.8, 4) is 11.1 Å². The highest BCUT2D eigenvalue weighted by atomic mass is 32.2. The quantitative estimate of drug-likeness (QED) is 0.320. The van der Waals surface area contributed by atoms with Crippen LogP contribution in [0.15, 0.2) is 94.7 Å². The number of hydrogen-bond donors (Lipinski definition) is 0. The van der Waals surface area contributed by atoms with Crippen LogP contribution in [0.5, 0.6) is 0 Å². The third kappa shape index (κ3) is 2.68. The van der Waals surface area contributed by atoms with Crippen LogP contribution in [0.1, 0.15) is 12.8 Å². The van der Waals surface area contributed by atoms with Crippen molar-refractivity contribution in [1.29, 1.82) is 0 Å². The van der Waals surface area contributed by atoms with Gasteiger partial charge in [0.1, 0.15) is 10.9 Å². The van der Waals surface area contributed by atoms with Crippen LogP contribution < -0.4 is 0 Å². The van der Waals surface area contributed by atoms with E-state index in [-0.39, 0.29) is 9.79 Å². The fourth-order valence-electron chi connectivity index (χ4n) is 6.77. The summed E-state index contributed by atoms with van der Waals surface area (Å²) in [7, 11) is -6.72. The number of rotatable bonds is 1. The normalized spacial score (nSPS) is 29.2. The minimum absolute atomic E-state index is 0.168. The molecule has 0 radical (unpaired) electrons. The van der Waals surface area contributed by atoms with Gasteiger partial charge in [-0.2, -0.15) is 0 Å². The van der Waals surface area contributed by atoms with Gasteiger partial charge in [0.2, 0.25) is 0 Å². The van der Waals surface area contributed by atoms with Gasteiger partial charge in [0, 0.05) is 18.2 Å². The molecule has 1 fully saturated rings. The third-order valence-electron chi connectivity index (χ3n) is 8.41. The predicted molar refractivity (Wildman–Crippen MR) is 140 cm³/mol. The number of fused-ring (bicyclic) bond motifs is 8. The van der Waals surface area contributed by atoms with Gasteiger partial charge in [-0.1, -0.05) is 72.8 Å². The van der Waals surface area contributed by atoms with E-state index in [4.69, 9.17) is 4.74 Å². The highest BCUT2D eigenvalue weighted by Gasteiger charge is 2.62. The van der Waals surface area contributed by atoms with Crippen LogP contribution in [0, 0.1) is 5.92 Å². The maximum absolute atomic E-state index is 14.7. The molecule has 4 aliphatic rings. The van der Waals surface area contributed by atoms with E-state index in [1.54, 1.807) is 18.2 Å². The maximum Gasteiger partial charge on any atom is 0.186 e. The van der Waals surface area contributed by atoms with Gasteiger partial charge in [-0.3, -0.25) is 0 Å². The summed E-state index contributed by atoms with van der Waals surface area (Å²) in [6.45, 7) is 0. The van der Waals surface area contributed by atoms with Crippen LogP contribution in [-0.4, -0.2) is 40.0 Å². The van der Waals surface area contributed by atoms with Gasteiger partial charge in [-0.25, -0.2) is 16.8 Å². The Kier molecular flexibility index (Phi) is 4.49. The molecular formula is C29H24O5S2. The summed E-state index contributed by atoms with van der Waals surface area (Å²) >= 11 is 0. The van der Waals surface area contributed by atoms with E-state index < -0.39 is 41.7 Å². The molecule has 0 unspecified atom stereocenters. The molecule has 5 nitrogen and oxygen atoms in total. The van der Waals surface area contributed by atoms with Crippen molar-refractivity contribution in [2.75, 3.05) is 7.11 Å². The van der Waals surface area contributed by atoms with Crippen molar-refractivity contribution < 1.29 is 21.6 Å². The molecule has 7 heteroatoms. The van der Waals surface area contributed by atoms with Crippen molar-refractivity contribution in [3.63, 3.8) is 0 Å². The Hall–Kier alpha value is -3.00. The standard InChI is InChI=1S/C29H24O5S2/c1-34-29-16-14-20(15-17-29)27-28(29)36(32,33)24-13-11-19-7-3-5-9-22(19)26(24)25-21-8-4-2-6-18(21)10-12-23(25)35(27,30)31/h2-14,16,20,27-28H,15,17H2,1H3/t20-,27-,28-,29-/m0/s1. The zero-order valence-electron chi connectivity index (χ0n) is 19.6. The maximum atomic E-state index is 14.7. The van der Waals surface area contributed by atoms with E-state index in [1.807, 2.05) is 66.7 Å². The highest BCUT2D eigenvalue weighted by Crippen LogP contribution is 2.55. The summed E-state index contributed by atoms with van der Waals surface area (Å²) in [6, 6.07) is 22.1. The molecule has 4 aromatic carbocycles. The molecule has 1 heterocycles. The van der Waals surface area contributed by atoms with Gasteiger partial charge in [0.15, 0.2) is 19.7 Å². The summed E-state index contributed by atoms with van der Waals surface area (Å²) in [4.78, 5) is 0.358. The summed E-state index contributed by atoms with van der Waals surface area (Å²) in [5.74, 6) is -0.395. The number of benzene rings is 4. The Morgan fingerprint density at radius 2 is 1.31 bits per heavy atom. The van der Waals surface area contributed by atoms with Crippen molar-refractivity contribution in [1.82, 2.24) is 0 Å². The van der Waals surface area contributed by atoms with Crippen LogP contribution in [0.2, 0.25) is 0 Å². The first-order valence-corrected chi connectivity index (χ1v) is 15.1. The van der Waals surface area contributed by atoms with Gasteiger partial charge in [-0.15, -0.1) is 0 Å². The molecule has 0 amide bonds. The topological polar surface area (TPSA) is 77.5 Å². The minimum atomic E-state index is -4.13. The largest absolute Gasteiger partial charge is 0.373 e. The second-order valence-corrected chi connectivity index (χ2v) is 14.1. The molecule has 3 aliphatic carbocycles. The van der Waals surface area contributed by atoms with Crippen LogP contribution in [-0.2, 0) is 24.4 Å². The summed E-state index contributed by atoms with van der Waals surface area (Å²) in [6.07, 6.45) is 4.67. The number of sulfone groups is 2. The number of ether oxygens (including phenoxy) is 1. The molecule has 1 aliphatic heterocycles. The lowest BCUT2D eigenvalue weighted by atomic mass is 9.72. The number of hydrogen-bond acceptors (Lipinski definition) is 5. The lowest BCUT2D eigenvalue weighted by molar-refractivity contribution is -0.00923. The SMILES string of the molecule is CO[C@@]12C=C[C@@H](CC1)[C@H]1[C@@H]2S(=O)(=O)c2ccc3ccccc3c2-c2c(ccc3ccccc23)S1(=O)=O. The summed E-state index contributed by atoms with van der Waals surface area (Å²) in [5, 5.41) is 0.796. The van der Waals surface area contributed by atoms with E-state index in [0.717, 1.165) is 16.2 Å². The Morgan fingerprint density at radius 1 is 0.750 bits per heavy atom. The van der Waals surface area contributed by atoms with Crippen molar-refractivity contribution in [2.24, 2.45) is 5.92 Å². The number of methoxy groups -OCH3 is 1. The van der Waals surface area contributed by atoms with E-state index >= 15 is 0 Å². The van der Waals surface area contributed by atoms with Crippen LogP contribution in [0.25, 0.3) is 32.7 Å². The average molecular weight is 517 g/mol. The first-order valence-electron chi connectivity index (χ1n) is 12.1. The lowest BCUT2D eigenvalue weighted by Crippen LogP contribution is -2.63. The molecule has 0 saturated heterocycles. The Bertz CT molecular complexity index is 1840. The molecule has 2 bridgehead atoms. The molecule has 0 N–H and O–H groups in total. The summed E-state index contributed by atoms with van der Waals surface area (Å²) in [5.41, 5.74) is -0.264. The molecule has 0 aromatic heterocycles. The molecule has 182 valence electrons. The van der Waals surface area contributed by atoms with Gasteiger partial charge in [0.05, 0.1) is 15.0 Å². The minimum Gasteiger partial charge on any atom is -0.373 e. The van der Waals surface area contributed by atoms with Gasteiger partial charge >= 0.3 is 0 Å². The van der Waals surface area contributed by atoms with Crippen LogP contribution >= 0.6 is 0 Å². The Labute approximate surface area is 210 Å². The molecule has 1 saturated carbocycles. The molecule has 0 spiro atoms. The predicted octanol–water partition coefficient (Wildman–Crippen LogP) is 5.32. The molecular weight excluding hydrogens is 492 g/mol. The monoisotopic (exact) mass is 516 g/mol. The highest BCUT2D eigenvalue weighted by molar-refractivity contribution is 7.96. The first-order chi connectivity index (χ1) is 17.3. The second kappa shape index (κ2) is 7.28. The fourth-order valence-corrected chi connectivity index (χ4v) is 12.3. The Morgan fingerprint density at radius 3 is 1.83 bits per heavy atom. The number of allylic oxidation sites excluding steroid dienone is 1. The van der Waals surface area contributed by atoms with Crippen LogP contribution in [0.3, 0.4) is 0 Å². The average Bonchev–Trinajstić information content (AvgIpc) is 2.91. The molecule has 36 heavy (non-hydrogen) atoms. The Balaban J connectivity index is 1.74. The zero-order chi connectivity index (χ0) is 24.9. The van der Waals surface area contributed by atoms with Gasteiger partial charge in [0.25, 0.3) is 0 Å². The molecule has 4 atom stereocenters. The smallest absolute Gasteiger partial charge is 0.186 e. The van der Waals surface area contributed by atoms with E-state index in [2.05, 4.69) is 0 Å². The summed E-state index contributed by atoms with van der Waals surface area (Å²) < 4.78 is 64.4. The van der Waals surface area contributed by atoms with E-state index in [0.29, 0.717) is 29.4 Å². The third-order valence-corrected chi connectivity index (χ3v) is 13.2.